The van der Waals surface area contributed by atoms with E-state index in [1.165, 1.54) is 5.69 Å². The lowest BCUT2D eigenvalue weighted by Gasteiger charge is -2.23. The molecule has 0 aliphatic heterocycles. The van der Waals surface area contributed by atoms with Crippen molar-refractivity contribution in [1.82, 2.24) is 0 Å². The van der Waals surface area contributed by atoms with Crippen molar-refractivity contribution < 1.29 is 5.11 Å². The Morgan fingerprint density at radius 2 is 1.50 bits per heavy atom. The average Bonchev–Trinajstić information content (AvgIpc) is 2.19. The van der Waals surface area contributed by atoms with Crippen LogP contribution in [0.5, 0.6) is 5.75 Å². The van der Waals surface area contributed by atoms with Crippen molar-refractivity contribution >= 4 is 5.69 Å². The molecule has 0 fully saturated rings. The summed E-state index contributed by atoms with van der Waals surface area (Å²) in [5.74, 6) is 0.335. The van der Waals surface area contributed by atoms with Crippen LogP contribution in [0.15, 0.2) is 24.3 Å². The highest BCUT2D eigenvalue weighted by Gasteiger charge is 2.03. The van der Waals surface area contributed by atoms with E-state index in [-0.39, 0.29) is 0 Å². The summed E-state index contributed by atoms with van der Waals surface area (Å²) in [6.45, 7) is 6.53. The summed E-state index contributed by atoms with van der Waals surface area (Å²) >= 11 is 0. The van der Waals surface area contributed by atoms with Crippen molar-refractivity contribution in [1.29, 1.82) is 0 Å². The Kier molecular flexibility index (Phi) is 4.30. The number of rotatable bonds is 5. The first-order valence-corrected chi connectivity index (χ1v) is 5.32. The summed E-state index contributed by atoms with van der Waals surface area (Å²) in [4.78, 5) is 2.35. The fraction of sp³-hybridized carbons (Fsp3) is 0.500. The first kappa shape index (κ1) is 10.9. The van der Waals surface area contributed by atoms with Gasteiger partial charge in [-0.1, -0.05) is 13.8 Å². The first-order valence-electron chi connectivity index (χ1n) is 5.32. The molecule has 1 aromatic carbocycles. The van der Waals surface area contributed by atoms with E-state index in [4.69, 9.17) is 0 Å². The third-order valence-corrected chi connectivity index (χ3v) is 2.20. The Hall–Kier alpha value is -1.18. The summed E-state index contributed by atoms with van der Waals surface area (Å²) in [6.07, 6.45) is 2.31. The minimum atomic E-state index is 0.335. The highest BCUT2D eigenvalue weighted by atomic mass is 16.3. The molecule has 0 radical (unpaired) electrons. The van der Waals surface area contributed by atoms with Gasteiger partial charge in [0.1, 0.15) is 5.75 Å². The maximum Gasteiger partial charge on any atom is 0.115 e. The molecule has 1 aromatic rings. The van der Waals surface area contributed by atoms with E-state index < -0.39 is 0 Å². The molecule has 1 rings (SSSR count). The Morgan fingerprint density at radius 1 is 1.00 bits per heavy atom. The number of phenolic OH excluding ortho intramolecular Hbond substituents is 1. The number of hydrogen-bond acceptors (Lipinski definition) is 2. The van der Waals surface area contributed by atoms with Gasteiger partial charge in [0.25, 0.3) is 0 Å². The molecule has 78 valence electrons. The minimum Gasteiger partial charge on any atom is -0.508 e. The Labute approximate surface area is 86.2 Å². The summed E-state index contributed by atoms with van der Waals surface area (Å²) < 4.78 is 0. The fourth-order valence-corrected chi connectivity index (χ4v) is 1.57. The SMILES string of the molecule is CCCN(CCC)c1ccc(O)cc1. The molecule has 2 heteroatoms. The summed E-state index contributed by atoms with van der Waals surface area (Å²) in [5, 5.41) is 9.18. The van der Waals surface area contributed by atoms with E-state index in [1.54, 1.807) is 12.1 Å². The van der Waals surface area contributed by atoms with Crippen LogP contribution in [0.25, 0.3) is 0 Å². The van der Waals surface area contributed by atoms with Crippen molar-refractivity contribution in [2.75, 3.05) is 18.0 Å². The molecular weight excluding hydrogens is 174 g/mol. The smallest absolute Gasteiger partial charge is 0.115 e. The highest BCUT2D eigenvalue weighted by Crippen LogP contribution is 2.18. The molecule has 0 aliphatic carbocycles. The number of benzene rings is 1. The van der Waals surface area contributed by atoms with Gasteiger partial charge in [-0.15, -0.1) is 0 Å². The Balaban J connectivity index is 2.71. The molecule has 2 nitrogen and oxygen atoms in total. The van der Waals surface area contributed by atoms with Gasteiger partial charge in [0.15, 0.2) is 0 Å². The normalized spacial score (nSPS) is 10.1. The Bertz CT molecular complexity index is 250. The molecule has 0 heterocycles. The quantitative estimate of drug-likeness (QED) is 0.777. The lowest BCUT2D eigenvalue weighted by molar-refractivity contribution is 0.475. The van der Waals surface area contributed by atoms with Crippen molar-refractivity contribution in [3.8, 4) is 5.75 Å². The van der Waals surface area contributed by atoms with E-state index >= 15 is 0 Å². The zero-order valence-electron chi connectivity index (χ0n) is 9.03. The van der Waals surface area contributed by atoms with Crippen LogP contribution in [-0.4, -0.2) is 18.2 Å². The van der Waals surface area contributed by atoms with E-state index in [2.05, 4.69) is 18.7 Å². The van der Waals surface area contributed by atoms with Crippen molar-refractivity contribution in [3.05, 3.63) is 24.3 Å². The van der Waals surface area contributed by atoms with Crippen LogP contribution >= 0.6 is 0 Å². The van der Waals surface area contributed by atoms with Gasteiger partial charge in [-0.25, -0.2) is 0 Å². The van der Waals surface area contributed by atoms with Crippen LogP contribution in [0.2, 0.25) is 0 Å². The molecule has 0 saturated heterocycles. The van der Waals surface area contributed by atoms with Crippen LogP contribution < -0.4 is 4.90 Å². The molecule has 0 aromatic heterocycles. The topological polar surface area (TPSA) is 23.5 Å². The van der Waals surface area contributed by atoms with E-state index in [1.807, 2.05) is 12.1 Å². The monoisotopic (exact) mass is 193 g/mol. The second kappa shape index (κ2) is 5.53. The van der Waals surface area contributed by atoms with Gasteiger partial charge in [0, 0.05) is 18.8 Å². The van der Waals surface area contributed by atoms with Crippen LogP contribution in [-0.2, 0) is 0 Å². The number of phenols is 1. The van der Waals surface area contributed by atoms with Gasteiger partial charge in [0.05, 0.1) is 0 Å². The van der Waals surface area contributed by atoms with Crippen LogP contribution in [0.3, 0.4) is 0 Å². The first-order chi connectivity index (χ1) is 6.77. The second-order valence-corrected chi connectivity index (χ2v) is 3.50. The summed E-state index contributed by atoms with van der Waals surface area (Å²) in [7, 11) is 0. The van der Waals surface area contributed by atoms with Crippen molar-refractivity contribution in [3.63, 3.8) is 0 Å². The molecule has 0 atom stereocenters. The summed E-state index contributed by atoms with van der Waals surface area (Å²) in [6, 6.07) is 7.43. The number of nitrogens with zero attached hydrogens (tertiary/aromatic N) is 1. The van der Waals surface area contributed by atoms with Gasteiger partial charge in [-0.2, -0.15) is 0 Å². The zero-order valence-corrected chi connectivity index (χ0v) is 9.03. The van der Waals surface area contributed by atoms with Gasteiger partial charge < -0.3 is 10.0 Å². The van der Waals surface area contributed by atoms with Gasteiger partial charge in [-0.05, 0) is 37.1 Å². The van der Waals surface area contributed by atoms with Gasteiger partial charge in [0.2, 0.25) is 0 Å². The molecule has 1 N–H and O–H groups in total. The number of aromatic hydroxyl groups is 1. The molecule has 14 heavy (non-hydrogen) atoms. The molecule has 0 bridgehead atoms. The van der Waals surface area contributed by atoms with E-state index in [9.17, 15) is 5.11 Å². The van der Waals surface area contributed by atoms with Crippen molar-refractivity contribution in [2.45, 2.75) is 26.7 Å². The number of anilines is 1. The lowest BCUT2D eigenvalue weighted by Crippen LogP contribution is -2.24. The van der Waals surface area contributed by atoms with Crippen LogP contribution in [0.1, 0.15) is 26.7 Å². The molecule has 0 spiro atoms. The standard InChI is InChI=1S/C12H19NO/c1-3-9-13(10-4-2)11-5-7-12(14)8-6-11/h5-8,14H,3-4,9-10H2,1-2H3. The lowest BCUT2D eigenvalue weighted by atomic mass is 10.2. The third kappa shape index (κ3) is 2.95. The maximum absolute atomic E-state index is 9.18. The Morgan fingerprint density at radius 3 is 1.93 bits per heavy atom. The minimum absolute atomic E-state index is 0.335. The van der Waals surface area contributed by atoms with Crippen molar-refractivity contribution in [2.24, 2.45) is 0 Å². The number of hydrogen-bond donors (Lipinski definition) is 1. The predicted octanol–water partition coefficient (Wildman–Crippen LogP) is 3.02. The highest BCUT2D eigenvalue weighted by molar-refractivity contribution is 5.48. The molecule has 0 amide bonds. The van der Waals surface area contributed by atoms with Gasteiger partial charge >= 0.3 is 0 Å². The summed E-state index contributed by atoms with van der Waals surface area (Å²) in [5.41, 5.74) is 1.20. The van der Waals surface area contributed by atoms with Crippen LogP contribution in [0.4, 0.5) is 5.69 Å². The third-order valence-electron chi connectivity index (χ3n) is 2.20. The van der Waals surface area contributed by atoms with E-state index in [0.717, 1.165) is 25.9 Å². The average molecular weight is 193 g/mol. The largest absolute Gasteiger partial charge is 0.508 e. The predicted molar refractivity (Wildman–Crippen MR) is 60.9 cm³/mol. The van der Waals surface area contributed by atoms with Crippen LogP contribution in [0, 0.1) is 0 Å². The fourth-order valence-electron chi connectivity index (χ4n) is 1.57. The second-order valence-electron chi connectivity index (χ2n) is 3.50. The molecular formula is C12H19NO. The van der Waals surface area contributed by atoms with E-state index in [0.29, 0.717) is 5.75 Å². The molecule has 0 unspecified atom stereocenters. The molecule has 0 aliphatic rings. The zero-order chi connectivity index (χ0) is 10.4. The van der Waals surface area contributed by atoms with Gasteiger partial charge in [-0.3, -0.25) is 0 Å². The maximum atomic E-state index is 9.18. The molecule has 0 saturated carbocycles.